The second-order valence-corrected chi connectivity index (χ2v) is 10.8. The SMILES string of the molecule is CC(C)(C)OC(=O)NC12CCC(CN=C3C(=CN)CNCC3(C)C)(CC1)CC2. The van der Waals surface area contributed by atoms with E-state index in [1.165, 1.54) is 0 Å². The van der Waals surface area contributed by atoms with E-state index < -0.39 is 5.60 Å². The van der Waals surface area contributed by atoms with Crippen LogP contribution in [0.25, 0.3) is 0 Å². The number of amides is 1. The standard InChI is InChI=1S/C22H38N4O2/c1-19(2,3)28-18(27)26-22-9-6-21(7-10-22,8-11-22)15-25-17-16(12-23)13-24-14-20(17,4)5/h12,24H,6-11,13-15,23H2,1-5H3,(H,26,27). The van der Waals surface area contributed by atoms with Crippen molar-refractivity contribution in [1.29, 1.82) is 0 Å². The molecule has 6 heteroatoms. The van der Waals surface area contributed by atoms with Gasteiger partial charge in [0.1, 0.15) is 5.60 Å². The lowest BCUT2D eigenvalue weighted by atomic mass is 9.57. The highest BCUT2D eigenvalue weighted by molar-refractivity contribution is 6.05. The molecule has 4 fully saturated rings. The molecule has 2 bridgehead atoms. The van der Waals surface area contributed by atoms with Crippen LogP contribution in [0.5, 0.6) is 0 Å². The number of fused-ring (bicyclic) bond motifs is 3. The van der Waals surface area contributed by atoms with Crippen LogP contribution >= 0.6 is 0 Å². The van der Waals surface area contributed by atoms with E-state index >= 15 is 0 Å². The highest BCUT2D eigenvalue weighted by Gasteiger charge is 2.49. The molecular weight excluding hydrogens is 352 g/mol. The topological polar surface area (TPSA) is 88.7 Å². The molecule has 1 aliphatic heterocycles. The van der Waals surface area contributed by atoms with E-state index in [-0.39, 0.29) is 22.5 Å². The van der Waals surface area contributed by atoms with Crippen molar-refractivity contribution in [2.75, 3.05) is 19.6 Å². The fourth-order valence-electron chi connectivity index (χ4n) is 5.02. The maximum atomic E-state index is 12.3. The number of alkyl carbamates (subject to hydrolysis) is 1. The van der Waals surface area contributed by atoms with Crippen LogP contribution in [0.3, 0.4) is 0 Å². The minimum Gasteiger partial charge on any atom is -0.444 e. The second-order valence-electron chi connectivity index (χ2n) is 10.8. The molecule has 28 heavy (non-hydrogen) atoms. The average molecular weight is 391 g/mol. The Morgan fingerprint density at radius 3 is 2.36 bits per heavy atom. The van der Waals surface area contributed by atoms with Gasteiger partial charge in [-0.15, -0.1) is 0 Å². The number of nitrogens with one attached hydrogen (secondary N) is 2. The fourth-order valence-corrected chi connectivity index (χ4v) is 5.02. The summed E-state index contributed by atoms with van der Waals surface area (Å²) in [5.74, 6) is 0. The zero-order valence-corrected chi connectivity index (χ0v) is 18.3. The van der Waals surface area contributed by atoms with Crippen LogP contribution in [0.2, 0.25) is 0 Å². The Morgan fingerprint density at radius 2 is 1.82 bits per heavy atom. The average Bonchev–Trinajstić information content (AvgIpc) is 2.59. The Hall–Kier alpha value is -1.56. The summed E-state index contributed by atoms with van der Waals surface area (Å²) >= 11 is 0. The number of carbonyl (C=O) groups excluding carboxylic acids is 1. The van der Waals surface area contributed by atoms with Gasteiger partial charge < -0.3 is 21.1 Å². The molecule has 3 saturated carbocycles. The number of ether oxygens (including phenoxy) is 1. The second kappa shape index (κ2) is 7.36. The molecule has 0 atom stereocenters. The van der Waals surface area contributed by atoms with E-state index in [2.05, 4.69) is 24.5 Å². The molecule has 0 spiro atoms. The molecule has 158 valence electrons. The maximum absolute atomic E-state index is 12.3. The van der Waals surface area contributed by atoms with Crippen molar-refractivity contribution in [3.8, 4) is 0 Å². The molecule has 4 aliphatic rings. The van der Waals surface area contributed by atoms with Crippen molar-refractivity contribution in [2.24, 2.45) is 21.6 Å². The van der Waals surface area contributed by atoms with Gasteiger partial charge in [-0.2, -0.15) is 0 Å². The van der Waals surface area contributed by atoms with E-state index in [0.717, 1.165) is 69.4 Å². The number of hydrogen-bond donors (Lipinski definition) is 3. The molecule has 4 N–H and O–H groups in total. The highest BCUT2D eigenvalue weighted by atomic mass is 16.6. The fraction of sp³-hybridized carbons (Fsp3) is 0.818. The molecule has 0 radical (unpaired) electrons. The zero-order valence-electron chi connectivity index (χ0n) is 18.3. The summed E-state index contributed by atoms with van der Waals surface area (Å²) in [7, 11) is 0. The van der Waals surface area contributed by atoms with Crippen molar-refractivity contribution in [3.63, 3.8) is 0 Å². The molecule has 1 saturated heterocycles. The lowest BCUT2D eigenvalue weighted by molar-refractivity contribution is 0.00817. The van der Waals surface area contributed by atoms with Gasteiger partial charge in [-0.05, 0) is 64.7 Å². The lowest BCUT2D eigenvalue weighted by Crippen LogP contribution is -2.58. The third-order valence-electron chi connectivity index (χ3n) is 6.77. The van der Waals surface area contributed by atoms with Crippen molar-refractivity contribution < 1.29 is 9.53 Å². The quantitative estimate of drug-likeness (QED) is 0.688. The van der Waals surface area contributed by atoms with Crippen LogP contribution in [-0.4, -0.2) is 42.6 Å². The summed E-state index contributed by atoms with van der Waals surface area (Å²) in [4.78, 5) is 17.4. The minimum atomic E-state index is -0.459. The van der Waals surface area contributed by atoms with Gasteiger partial charge >= 0.3 is 6.09 Å². The third-order valence-corrected chi connectivity index (χ3v) is 6.77. The van der Waals surface area contributed by atoms with E-state index in [0.29, 0.717) is 0 Å². The highest BCUT2D eigenvalue weighted by Crippen LogP contribution is 2.52. The van der Waals surface area contributed by atoms with Crippen LogP contribution in [-0.2, 0) is 4.74 Å². The molecular formula is C22H38N4O2. The number of aliphatic imine (C=N–C) groups is 1. The number of hydrogen-bond acceptors (Lipinski definition) is 5. The van der Waals surface area contributed by atoms with Gasteiger partial charge in [0.2, 0.25) is 0 Å². The Labute approximate surface area is 169 Å². The monoisotopic (exact) mass is 390 g/mol. The third kappa shape index (κ3) is 4.53. The van der Waals surface area contributed by atoms with E-state index in [4.69, 9.17) is 15.5 Å². The number of nitrogens with zero attached hydrogens (tertiary/aromatic N) is 1. The predicted molar refractivity (Wildman–Crippen MR) is 113 cm³/mol. The van der Waals surface area contributed by atoms with E-state index in [1.54, 1.807) is 6.20 Å². The Morgan fingerprint density at radius 1 is 1.21 bits per heavy atom. The number of nitrogens with two attached hydrogens (primary N) is 1. The van der Waals surface area contributed by atoms with Gasteiger partial charge in [0, 0.05) is 48.1 Å². The molecule has 3 aliphatic carbocycles. The Kier molecular flexibility index (Phi) is 5.56. The summed E-state index contributed by atoms with van der Waals surface area (Å²) in [6, 6.07) is 0. The Balaban J connectivity index is 1.64. The van der Waals surface area contributed by atoms with Gasteiger partial charge in [0.25, 0.3) is 0 Å². The first kappa shape index (κ1) is 21.2. The van der Waals surface area contributed by atoms with Crippen molar-refractivity contribution >= 4 is 11.8 Å². The van der Waals surface area contributed by atoms with E-state index in [1.807, 2.05) is 20.8 Å². The molecule has 0 unspecified atom stereocenters. The van der Waals surface area contributed by atoms with Crippen molar-refractivity contribution in [1.82, 2.24) is 10.6 Å². The molecule has 6 nitrogen and oxygen atoms in total. The number of rotatable bonds is 3. The molecule has 4 rings (SSSR count). The molecule has 0 aromatic rings. The van der Waals surface area contributed by atoms with Crippen LogP contribution in [0.1, 0.15) is 73.1 Å². The normalized spacial score (nSPS) is 35.2. The zero-order chi connectivity index (χ0) is 20.6. The molecule has 1 heterocycles. The summed E-state index contributed by atoms with van der Waals surface area (Å²) in [6.07, 6.45) is 7.81. The van der Waals surface area contributed by atoms with Crippen molar-refractivity contribution in [3.05, 3.63) is 11.8 Å². The first-order chi connectivity index (χ1) is 13.0. The van der Waals surface area contributed by atoms with Crippen LogP contribution in [0.15, 0.2) is 16.8 Å². The van der Waals surface area contributed by atoms with Gasteiger partial charge in [0.15, 0.2) is 0 Å². The van der Waals surface area contributed by atoms with Gasteiger partial charge in [-0.3, -0.25) is 4.99 Å². The van der Waals surface area contributed by atoms with Gasteiger partial charge in [-0.1, -0.05) is 13.8 Å². The van der Waals surface area contributed by atoms with Gasteiger partial charge in [-0.25, -0.2) is 4.79 Å². The smallest absolute Gasteiger partial charge is 0.408 e. The minimum absolute atomic E-state index is 0.00541. The van der Waals surface area contributed by atoms with Crippen LogP contribution in [0, 0.1) is 10.8 Å². The molecule has 1 amide bonds. The summed E-state index contributed by atoms with van der Waals surface area (Å²) in [6.45, 7) is 12.8. The van der Waals surface area contributed by atoms with Gasteiger partial charge in [0.05, 0.1) is 0 Å². The Bertz CT molecular complexity index is 648. The van der Waals surface area contributed by atoms with Crippen LogP contribution < -0.4 is 16.4 Å². The first-order valence-electron chi connectivity index (χ1n) is 10.7. The maximum Gasteiger partial charge on any atom is 0.408 e. The van der Waals surface area contributed by atoms with Crippen LogP contribution in [0.4, 0.5) is 4.79 Å². The first-order valence-corrected chi connectivity index (χ1v) is 10.7. The molecule has 0 aromatic heterocycles. The van der Waals surface area contributed by atoms with E-state index in [9.17, 15) is 4.79 Å². The van der Waals surface area contributed by atoms with Crippen molar-refractivity contribution in [2.45, 2.75) is 84.3 Å². The predicted octanol–water partition coefficient (Wildman–Crippen LogP) is 3.52. The summed E-state index contributed by atoms with van der Waals surface area (Å²) in [5.41, 5.74) is 7.88. The largest absolute Gasteiger partial charge is 0.444 e. The lowest BCUT2D eigenvalue weighted by Gasteiger charge is -2.53. The number of carbonyl (C=O) groups is 1. The molecule has 0 aromatic carbocycles. The summed E-state index contributed by atoms with van der Waals surface area (Å²) in [5, 5.41) is 6.63. The number of piperidine rings is 1. The summed E-state index contributed by atoms with van der Waals surface area (Å²) < 4.78 is 5.49.